The molecule has 0 saturated heterocycles. The van der Waals surface area contributed by atoms with Gasteiger partial charge in [0.15, 0.2) is 0 Å². The predicted molar refractivity (Wildman–Crippen MR) is 77.5 cm³/mol. The molecule has 1 rings (SSSR count). The highest BCUT2D eigenvalue weighted by molar-refractivity contribution is 6.73. The fourth-order valence-corrected chi connectivity index (χ4v) is 3.40. The lowest BCUT2D eigenvalue weighted by Gasteiger charge is -2.24. The number of benzene rings is 1. The molecule has 1 aromatic rings. The molecule has 1 unspecified atom stereocenters. The molecule has 0 fully saturated rings. The van der Waals surface area contributed by atoms with Crippen LogP contribution in [0.15, 0.2) is 24.3 Å². The van der Waals surface area contributed by atoms with Crippen molar-refractivity contribution in [2.75, 3.05) is 0 Å². The monoisotopic (exact) mass is 234 g/mol. The van der Waals surface area contributed by atoms with Crippen molar-refractivity contribution in [3.8, 4) is 0 Å². The van der Waals surface area contributed by atoms with Crippen LogP contribution >= 0.6 is 0 Å². The van der Waals surface area contributed by atoms with Gasteiger partial charge in [-0.2, -0.15) is 0 Å². The molecule has 0 aliphatic carbocycles. The molecule has 0 radical (unpaired) electrons. The summed E-state index contributed by atoms with van der Waals surface area (Å²) in [5.41, 5.74) is 2.65. The average molecular weight is 234 g/mol. The maximum Gasteiger partial charge on any atom is 0.0703 e. The topological polar surface area (TPSA) is 0 Å². The van der Waals surface area contributed by atoms with E-state index in [9.17, 15) is 0 Å². The lowest BCUT2D eigenvalue weighted by molar-refractivity contribution is 0.506. The zero-order chi connectivity index (χ0) is 12.3. The molecule has 0 aliphatic rings. The van der Waals surface area contributed by atoms with Crippen LogP contribution in [0.1, 0.15) is 46.6 Å². The van der Waals surface area contributed by atoms with E-state index in [4.69, 9.17) is 0 Å². The average Bonchev–Trinajstić information content (AvgIpc) is 2.28. The van der Waals surface area contributed by atoms with Crippen molar-refractivity contribution < 1.29 is 0 Å². The summed E-state index contributed by atoms with van der Waals surface area (Å²) >= 11 is 0. The first-order chi connectivity index (χ1) is 7.38. The van der Waals surface area contributed by atoms with Crippen molar-refractivity contribution in [3.05, 3.63) is 29.8 Å². The van der Waals surface area contributed by atoms with Crippen LogP contribution < -0.4 is 5.19 Å². The van der Waals surface area contributed by atoms with E-state index in [1.165, 1.54) is 12.0 Å². The van der Waals surface area contributed by atoms with E-state index >= 15 is 0 Å². The third kappa shape index (κ3) is 2.97. The molecule has 0 amide bonds. The Hall–Kier alpha value is -0.563. The highest BCUT2D eigenvalue weighted by Gasteiger charge is 2.18. The Labute approximate surface area is 103 Å². The Morgan fingerprint density at radius 1 is 1.12 bits per heavy atom. The van der Waals surface area contributed by atoms with Gasteiger partial charge in [-0.05, 0) is 22.9 Å². The minimum absolute atomic E-state index is 0.321. The first-order valence-corrected chi connectivity index (χ1v) is 8.88. The van der Waals surface area contributed by atoms with Gasteiger partial charge in [0.1, 0.15) is 0 Å². The van der Waals surface area contributed by atoms with Gasteiger partial charge in [-0.1, -0.05) is 70.6 Å². The highest BCUT2D eigenvalue weighted by Crippen LogP contribution is 2.25. The van der Waals surface area contributed by atoms with Crippen molar-refractivity contribution >= 4 is 14.0 Å². The van der Waals surface area contributed by atoms with Crippen molar-refractivity contribution in [3.63, 3.8) is 0 Å². The summed E-state index contributed by atoms with van der Waals surface area (Å²) in [4.78, 5) is 0. The van der Waals surface area contributed by atoms with Crippen LogP contribution in [0.3, 0.4) is 0 Å². The molecule has 0 nitrogen and oxygen atoms in total. The second kappa shape index (κ2) is 5.18. The van der Waals surface area contributed by atoms with Crippen molar-refractivity contribution in [2.24, 2.45) is 0 Å². The SMILES string of the molecule is CCC(C)(C)c1ccc([SiH](C)C(C)C)cc1. The summed E-state index contributed by atoms with van der Waals surface area (Å²) in [7, 11) is -0.717. The Kier molecular flexibility index (Phi) is 4.37. The first kappa shape index (κ1) is 13.5. The van der Waals surface area contributed by atoms with Crippen molar-refractivity contribution in [1.29, 1.82) is 0 Å². The largest absolute Gasteiger partial charge is 0.0703 e. The Morgan fingerprint density at radius 2 is 1.62 bits per heavy atom. The van der Waals surface area contributed by atoms with Gasteiger partial charge < -0.3 is 0 Å². The van der Waals surface area contributed by atoms with Crippen LogP contribution in [-0.4, -0.2) is 8.80 Å². The number of hydrogen-bond acceptors (Lipinski definition) is 0. The van der Waals surface area contributed by atoms with Crippen LogP contribution in [-0.2, 0) is 5.41 Å². The van der Waals surface area contributed by atoms with E-state index in [1.54, 1.807) is 5.19 Å². The fourth-order valence-electron chi connectivity index (χ4n) is 1.83. The van der Waals surface area contributed by atoms with E-state index in [2.05, 4.69) is 65.4 Å². The Morgan fingerprint density at radius 3 is 2.00 bits per heavy atom. The normalized spacial score (nSPS) is 14.2. The molecule has 1 heteroatoms. The van der Waals surface area contributed by atoms with Crippen LogP contribution in [0, 0.1) is 0 Å². The summed E-state index contributed by atoms with van der Waals surface area (Å²) in [6.45, 7) is 14.1. The first-order valence-electron chi connectivity index (χ1n) is 6.49. The van der Waals surface area contributed by atoms with Crippen molar-refractivity contribution in [1.82, 2.24) is 0 Å². The van der Waals surface area contributed by atoms with Crippen LogP contribution in [0.25, 0.3) is 0 Å². The zero-order valence-corrected chi connectivity index (χ0v) is 12.8. The molecule has 16 heavy (non-hydrogen) atoms. The molecule has 1 aromatic carbocycles. The maximum atomic E-state index is 2.45. The summed E-state index contributed by atoms with van der Waals surface area (Å²) < 4.78 is 0. The third-order valence-electron chi connectivity index (χ3n) is 4.10. The standard InChI is InChI=1S/C15H26Si/c1-7-15(4,5)13-8-10-14(11-9-13)16(6)12(2)3/h8-12,16H,7H2,1-6H3. The molecule has 0 spiro atoms. The summed E-state index contributed by atoms with van der Waals surface area (Å²) in [5, 5.41) is 1.60. The van der Waals surface area contributed by atoms with Gasteiger partial charge >= 0.3 is 0 Å². The van der Waals surface area contributed by atoms with E-state index in [0.29, 0.717) is 5.41 Å². The second-order valence-electron chi connectivity index (χ2n) is 5.89. The van der Waals surface area contributed by atoms with E-state index < -0.39 is 8.80 Å². The minimum Gasteiger partial charge on any atom is -0.0678 e. The van der Waals surface area contributed by atoms with Gasteiger partial charge in [0, 0.05) is 0 Å². The molecule has 1 atom stereocenters. The maximum absolute atomic E-state index is 2.45. The van der Waals surface area contributed by atoms with E-state index in [0.717, 1.165) is 5.54 Å². The predicted octanol–water partition coefficient (Wildman–Crippen LogP) is 3.85. The van der Waals surface area contributed by atoms with Gasteiger partial charge in [-0.3, -0.25) is 0 Å². The Balaban J connectivity index is 2.91. The highest BCUT2D eigenvalue weighted by atomic mass is 28.3. The molecule has 0 aromatic heterocycles. The molecule has 90 valence electrons. The van der Waals surface area contributed by atoms with Gasteiger partial charge in [0.25, 0.3) is 0 Å². The van der Waals surface area contributed by atoms with Gasteiger partial charge in [-0.25, -0.2) is 0 Å². The van der Waals surface area contributed by atoms with Crippen LogP contribution in [0.4, 0.5) is 0 Å². The zero-order valence-electron chi connectivity index (χ0n) is 11.7. The fraction of sp³-hybridized carbons (Fsp3) is 0.600. The summed E-state index contributed by atoms with van der Waals surface area (Å²) in [6, 6.07) is 9.41. The summed E-state index contributed by atoms with van der Waals surface area (Å²) in [6.07, 6.45) is 1.20. The van der Waals surface area contributed by atoms with Crippen LogP contribution in [0.2, 0.25) is 12.1 Å². The number of hydrogen-bond donors (Lipinski definition) is 0. The molecule has 0 bridgehead atoms. The summed E-state index contributed by atoms with van der Waals surface area (Å²) in [5.74, 6) is 0. The molecular formula is C15H26Si. The molecule has 0 saturated carbocycles. The lowest BCUT2D eigenvalue weighted by Crippen LogP contribution is -2.29. The van der Waals surface area contributed by atoms with Crippen molar-refractivity contribution in [2.45, 2.75) is 58.5 Å². The number of rotatable bonds is 4. The molecule has 0 heterocycles. The Bertz CT molecular complexity index is 322. The van der Waals surface area contributed by atoms with E-state index in [-0.39, 0.29) is 0 Å². The molecule has 0 N–H and O–H groups in total. The second-order valence-corrected chi connectivity index (χ2v) is 9.47. The third-order valence-corrected chi connectivity index (χ3v) is 7.54. The van der Waals surface area contributed by atoms with Gasteiger partial charge in [0.2, 0.25) is 0 Å². The van der Waals surface area contributed by atoms with Gasteiger partial charge in [0.05, 0.1) is 8.80 Å². The van der Waals surface area contributed by atoms with E-state index in [1.807, 2.05) is 0 Å². The molecular weight excluding hydrogens is 208 g/mol. The smallest absolute Gasteiger partial charge is 0.0678 e. The van der Waals surface area contributed by atoms with Crippen LogP contribution in [0.5, 0.6) is 0 Å². The lowest BCUT2D eigenvalue weighted by atomic mass is 9.82. The minimum atomic E-state index is -0.717. The van der Waals surface area contributed by atoms with Gasteiger partial charge in [-0.15, -0.1) is 0 Å². The quantitative estimate of drug-likeness (QED) is 0.694. The molecule has 0 aliphatic heterocycles.